The Morgan fingerprint density at radius 3 is 2.75 bits per heavy atom. The molecule has 0 saturated carbocycles. The summed E-state index contributed by atoms with van der Waals surface area (Å²) in [4.78, 5) is 21.8. The van der Waals surface area contributed by atoms with Crippen LogP contribution in [0, 0.1) is 5.92 Å². The van der Waals surface area contributed by atoms with Crippen molar-refractivity contribution in [3.05, 3.63) is 0 Å². The van der Waals surface area contributed by atoms with Crippen molar-refractivity contribution in [2.45, 2.75) is 18.9 Å². The molecule has 1 aliphatic rings. The van der Waals surface area contributed by atoms with E-state index in [1.165, 1.54) is 0 Å². The third kappa shape index (κ3) is 1.73. The monoisotopic (exact) mass is 171 g/mol. The standard InChI is InChI=1S/C7H13N3O2/c8-2-1-4-3-5(6(9)11)10-7(4)12/h4-5H,1-3,8H2,(H2,9,11)(H,10,12)/t4-,5?/m0/s1. The number of hydrogen-bond acceptors (Lipinski definition) is 3. The van der Waals surface area contributed by atoms with Gasteiger partial charge in [-0.2, -0.15) is 0 Å². The fourth-order valence-corrected chi connectivity index (χ4v) is 1.38. The summed E-state index contributed by atoms with van der Waals surface area (Å²) >= 11 is 0. The highest BCUT2D eigenvalue weighted by Gasteiger charge is 2.33. The fraction of sp³-hybridized carbons (Fsp3) is 0.714. The summed E-state index contributed by atoms with van der Waals surface area (Å²) in [5, 5.41) is 2.52. The molecule has 68 valence electrons. The molecule has 5 heteroatoms. The van der Waals surface area contributed by atoms with Gasteiger partial charge in [0.1, 0.15) is 6.04 Å². The van der Waals surface area contributed by atoms with Crippen LogP contribution in [0.5, 0.6) is 0 Å². The number of primary amides is 1. The van der Waals surface area contributed by atoms with Crippen molar-refractivity contribution in [2.75, 3.05) is 6.54 Å². The minimum Gasteiger partial charge on any atom is -0.368 e. The topological polar surface area (TPSA) is 98.2 Å². The van der Waals surface area contributed by atoms with E-state index in [1.807, 2.05) is 0 Å². The van der Waals surface area contributed by atoms with Crippen molar-refractivity contribution >= 4 is 11.8 Å². The van der Waals surface area contributed by atoms with Crippen LogP contribution in [0.4, 0.5) is 0 Å². The molecule has 5 N–H and O–H groups in total. The molecule has 0 aromatic rings. The minimum atomic E-state index is -0.492. The highest BCUT2D eigenvalue weighted by molar-refractivity contribution is 5.91. The number of rotatable bonds is 3. The van der Waals surface area contributed by atoms with Crippen LogP contribution in [0.3, 0.4) is 0 Å². The van der Waals surface area contributed by atoms with Crippen LogP contribution in [-0.2, 0) is 9.59 Å². The van der Waals surface area contributed by atoms with E-state index in [9.17, 15) is 9.59 Å². The van der Waals surface area contributed by atoms with Crippen molar-refractivity contribution in [3.8, 4) is 0 Å². The van der Waals surface area contributed by atoms with Gasteiger partial charge in [0.15, 0.2) is 0 Å². The fourth-order valence-electron chi connectivity index (χ4n) is 1.38. The van der Waals surface area contributed by atoms with E-state index in [1.54, 1.807) is 0 Å². The van der Waals surface area contributed by atoms with Gasteiger partial charge in [-0.1, -0.05) is 0 Å². The zero-order valence-electron chi connectivity index (χ0n) is 6.75. The van der Waals surface area contributed by atoms with Gasteiger partial charge in [0.05, 0.1) is 0 Å². The molecular weight excluding hydrogens is 158 g/mol. The Hall–Kier alpha value is -1.10. The van der Waals surface area contributed by atoms with Crippen molar-refractivity contribution in [1.29, 1.82) is 0 Å². The molecule has 1 rings (SSSR count). The van der Waals surface area contributed by atoms with E-state index >= 15 is 0 Å². The van der Waals surface area contributed by atoms with Gasteiger partial charge in [-0.3, -0.25) is 9.59 Å². The van der Waals surface area contributed by atoms with Crippen LogP contribution in [0.15, 0.2) is 0 Å². The molecule has 0 aromatic heterocycles. The molecule has 1 saturated heterocycles. The van der Waals surface area contributed by atoms with E-state index < -0.39 is 11.9 Å². The number of hydrogen-bond donors (Lipinski definition) is 3. The van der Waals surface area contributed by atoms with Crippen molar-refractivity contribution < 1.29 is 9.59 Å². The number of carbonyl (C=O) groups is 2. The lowest BCUT2D eigenvalue weighted by Crippen LogP contribution is -2.37. The van der Waals surface area contributed by atoms with Crippen LogP contribution in [-0.4, -0.2) is 24.4 Å². The van der Waals surface area contributed by atoms with Gasteiger partial charge in [0.2, 0.25) is 11.8 Å². The average Bonchev–Trinajstić information content (AvgIpc) is 2.34. The first-order valence-electron chi connectivity index (χ1n) is 3.95. The molecular formula is C7H13N3O2. The quantitative estimate of drug-likeness (QED) is 0.473. The summed E-state index contributed by atoms with van der Waals surface area (Å²) in [6.45, 7) is 0.462. The first-order valence-corrected chi connectivity index (χ1v) is 3.95. The normalized spacial score (nSPS) is 28.6. The Kier molecular flexibility index (Phi) is 2.65. The Labute approximate surface area is 70.5 Å². The smallest absolute Gasteiger partial charge is 0.240 e. The molecule has 1 heterocycles. The highest BCUT2D eigenvalue weighted by atomic mass is 16.2. The summed E-state index contributed by atoms with van der Waals surface area (Å²) in [6, 6.07) is -0.492. The predicted octanol–water partition coefficient (Wildman–Crippen LogP) is -1.67. The second-order valence-electron chi connectivity index (χ2n) is 2.97. The van der Waals surface area contributed by atoms with Gasteiger partial charge in [-0.25, -0.2) is 0 Å². The van der Waals surface area contributed by atoms with Crippen LogP contribution in [0.1, 0.15) is 12.8 Å². The second kappa shape index (κ2) is 3.53. The van der Waals surface area contributed by atoms with Crippen LogP contribution >= 0.6 is 0 Å². The van der Waals surface area contributed by atoms with Crippen molar-refractivity contribution in [2.24, 2.45) is 17.4 Å². The first kappa shape index (κ1) is 8.99. The number of carbonyl (C=O) groups excluding carboxylic acids is 2. The maximum Gasteiger partial charge on any atom is 0.240 e. The molecule has 0 spiro atoms. The molecule has 0 bridgehead atoms. The largest absolute Gasteiger partial charge is 0.368 e. The van der Waals surface area contributed by atoms with Crippen LogP contribution in [0.2, 0.25) is 0 Å². The Balaban J connectivity index is 2.50. The maximum atomic E-state index is 11.1. The van der Waals surface area contributed by atoms with E-state index in [0.29, 0.717) is 19.4 Å². The molecule has 0 aliphatic carbocycles. The molecule has 2 atom stereocenters. The molecule has 0 radical (unpaired) electrons. The van der Waals surface area contributed by atoms with E-state index in [4.69, 9.17) is 11.5 Å². The summed E-state index contributed by atoms with van der Waals surface area (Å²) in [6.07, 6.45) is 1.11. The molecule has 1 unspecified atom stereocenters. The molecule has 12 heavy (non-hydrogen) atoms. The van der Waals surface area contributed by atoms with Gasteiger partial charge >= 0.3 is 0 Å². The van der Waals surface area contributed by atoms with Crippen molar-refractivity contribution in [1.82, 2.24) is 5.32 Å². The van der Waals surface area contributed by atoms with Crippen LogP contribution in [0.25, 0.3) is 0 Å². The van der Waals surface area contributed by atoms with Gasteiger partial charge in [-0.15, -0.1) is 0 Å². The van der Waals surface area contributed by atoms with Crippen molar-refractivity contribution in [3.63, 3.8) is 0 Å². The predicted molar refractivity (Wildman–Crippen MR) is 42.9 cm³/mol. The SMILES string of the molecule is NCC[C@H]1CC(C(N)=O)NC1=O. The van der Waals surface area contributed by atoms with Gasteiger partial charge < -0.3 is 16.8 Å². The molecule has 0 aromatic carbocycles. The lowest BCUT2D eigenvalue weighted by Gasteiger charge is -2.02. The van der Waals surface area contributed by atoms with Gasteiger partial charge in [0.25, 0.3) is 0 Å². The first-order chi connectivity index (χ1) is 5.65. The lowest BCUT2D eigenvalue weighted by atomic mass is 10.0. The molecule has 2 amide bonds. The zero-order chi connectivity index (χ0) is 9.14. The lowest BCUT2D eigenvalue weighted by molar-refractivity contribution is -0.125. The van der Waals surface area contributed by atoms with E-state index in [0.717, 1.165) is 0 Å². The molecule has 1 aliphatic heterocycles. The number of nitrogens with two attached hydrogens (primary N) is 2. The highest BCUT2D eigenvalue weighted by Crippen LogP contribution is 2.17. The molecule has 5 nitrogen and oxygen atoms in total. The Morgan fingerprint density at radius 1 is 1.67 bits per heavy atom. The Bertz CT molecular complexity index is 205. The summed E-state index contributed by atoms with van der Waals surface area (Å²) in [7, 11) is 0. The zero-order valence-corrected chi connectivity index (χ0v) is 6.75. The third-order valence-electron chi connectivity index (χ3n) is 2.07. The Morgan fingerprint density at radius 2 is 2.33 bits per heavy atom. The summed E-state index contributed by atoms with van der Waals surface area (Å²) in [5.74, 6) is -0.709. The molecule has 1 fully saturated rings. The van der Waals surface area contributed by atoms with E-state index in [2.05, 4.69) is 5.32 Å². The van der Waals surface area contributed by atoms with E-state index in [-0.39, 0.29) is 11.8 Å². The average molecular weight is 171 g/mol. The second-order valence-corrected chi connectivity index (χ2v) is 2.97. The minimum absolute atomic E-state index is 0.107. The number of amides is 2. The van der Waals surface area contributed by atoms with Gasteiger partial charge in [-0.05, 0) is 19.4 Å². The summed E-state index contributed by atoms with van der Waals surface area (Å²) < 4.78 is 0. The third-order valence-corrected chi connectivity index (χ3v) is 2.07. The number of nitrogens with one attached hydrogen (secondary N) is 1. The van der Waals surface area contributed by atoms with Gasteiger partial charge in [0, 0.05) is 5.92 Å². The maximum absolute atomic E-state index is 11.1. The van der Waals surface area contributed by atoms with Crippen LogP contribution < -0.4 is 16.8 Å². The summed E-state index contributed by atoms with van der Waals surface area (Å²) in [5.41, 5.74) is 10.3.